The molecule has 5 heteroatoms. The fraction of sp³-hybridized carbons (Fsp3) is 0.778. The van der Waals surface area contributed by atoms with Crippen molar-refractivity contribution in [3.05, 3.63) is 15.6 Å². The molecule has 2 atom stereocenters. The summed E-state index contributed by atoms with van der Waals surface area (Å²) >= 11 is 1.55. The molecule has 1 saturated heterocycles. The molecule has 1 aliphatic rings. The summed E-state index contributed by atoms with van der Waals surface area (Å²) in [5.74, 6) is 1.39. The van der Waals surface area contributed by atoms with Gasteiger partial charge in [0.05, 0.1) is 10.7 Å². The predicted octanol–water partition coefficient (Wildman–Crippen LogP) is 3.66. The number of hydrogen-bond acceptors (Lipinski definition) is 4. The normalized spacial score (nSPS) is 22.7. The maximum absolute atomic E-state index is 13.0. The first-order valence-electron chi connectivity index (χ1n) is 8.60. The van der Waals surface area contributed by atoms with Crippen molar-refractivity contribution in [3.63, 3.8) is 0 Å². The quantitative estimate of drug-likeness (QED) is 0.915. The number of rotatable bonds is 3. The van der Waals surface area contributed by atoms with Gasteiger partial charge in [-0.3, -0.25) is 4.79 Å². The van der Waals surface area contributed by atoms with Crippen LogP contribution in [0.3, 0.4) is 0 Å². The molecule has 2 heterocycles. The summed E-state index contributed by atoms with van der Waals surface area (Å²) in [4.78, 5) is 20.4. The largest absolute Gasteiger partial charge is 0.337 e. The molecule has 0 aromatic carbocycles. The van der Waals surface area contributed by atoms with Crippen molar-refractivity contribution in [2.75, 3.05) is 19.6 Å². The van der Waals surface area contributed by atoms with E-state index in [2.05, 4.69) is 39.6 Å². The zero-order chi connectivity index (χ0) is 17.4. The minimum atomic E-state index is 0.138. The van der Waals surface area contributed by atoms with Crippen molar-refractivity contribution in [3.8, 4) is 0 Å². The Morgan fingerprint density at radius 3 is 2.52 bits per heavy atom. The van der Waals surface area contributed by atoms with E-state index in [1.165, 1.54) is 0 Å². The van der Waals surface area contributed by atoms with Crippen LogP contribution in [-0.4, -0.2) is 35.4 Å². The molecule has 4 nitrogen and oxygen atoms in total. The van der Waals surface area contributed by atoms with Gasteiger partial charge in [0.1, 0.15) is 4.88 Å². The van der Waals surface area contributed by atoms with E-state index in [0.29, 0.717) is 24.3 Å². The number of carbonyl (C=O) groups is 1. The highest BCUT2D eigenvalue weighted by molar-refractivity contribution is 7.13. The van der Waals surface area contributed by atoms with Crippen LogP contribution in [0.25, 0.3) is 0 Å². The monoisotopic (exact) mass is 337 g/mol. The SMILES string of the molecule is Cc1nc(C(C)C)sc1C(=O)N1C[C@@H](CN)C[C@@H](C(C)(C)C)C1. The lowest BCUT2D eigenvalue weighted by molar-refractivity contribution is 0.0440. The Morgan fingerprint density at radius 2 is 2.04 bits per heavy atom. The Labute approximate surface area is 144 Å². The summed E-state index contributed by atoms with van der Waals surface area (Å²) in [5, 5.41) is 1.05. The number of nitrogens with zero attached hydrogens (tertiary/aromatic N) is 2. The van der Waals surface area contributed by atoms with Crippen LogP contribution in [-0.2, 0) is 0 Å². The van der Waals surface area contributed by atoms with E-state index < -0.39 is 0 Å². The van der Waals surface area contributed by atoms with E-state index in [0.717, 1.165) is 35.1 Å². The molecule has 2 N–H and O–H groups in total. The lowest BCUT2D eigenvalue weighted by Gasteiger charge is -2.43. The molecule has 0 aliphatic carbocycles. The number of carbonyl (C=O) groups excluding carboxylic acids is 1. The van der Waals surface area contributed by atoms with Gasteiger partial charge in [0.2, 0.25) is 0 Å². The fourth-order valence-corrected chi connectivity index (χ4v) is 4.21. The van der Waals surface area contributed by atoms with Crippen LogP contribution in [0.1, 0.15) is 67.3 Å². The summed E-state index contributed by atoms with van der Waals surface area (Å²) in [5.41, 5.74) is 7.00. The molecule has 130 valence electrons. The van der Waals surface area contributed by atoms with Crippen LogP contribution in [0.4, 0.5) is 0 Å². The Bertz CT molecular complexity index is 559. The predicted molar refractivity (Wildman–Crippen MR) is 96.9 cm³/mol. The van der Waals surface area contributed by atoms with E-state index >= 15 is 0 Å². The van der Waals surface area contributed by atoms with Gasteiger partial charge in [0.25, 0.3) is 5.91 Å². The third-order valence-corrected chi connectivity index (χ3v) is 6.33. The molecule has 0 unspecified atom stereocenters. The van der Waals surface area contributed by atoms with Crippen molar-refractivity contribution in [2.24, 2.45) is 23.0 Å². The van der Waals surface area contributed by atoms with Crippen molar-refractivity contribution >= 4 is 17.2 Å². The van der Waals surface area contributed by atoms with E-state index in [4.69, 9.17) is 5.73 Å². The molecule has 0 radical (unpaired) electrons. The lowest BCUT2D eigenvalue weighted by Crippen LogP contribution is -2.49. The molecule has 0 saturated carbocycles. The van der Waals surface area contributed by atoms with Crippen LogP contribution in [0.2, 0.25) is 0 Å². The standard InChI is InChI=1S/C18H31N3OS/c1-11(2)16-20-12(3)15(23-16)17(22)21-9-13(8-19)7-14(10-21)18(4,5)6/h11,13-14H,7-10,19H2,1-6H3/t13-,14-/m1/s1. The minimum absolute atomic E-state index is 0.138. The number of aryl methyl sites for hydroxylation is 1. The second kappa shape index (κ2) is 6.89. The molecule has 1 aliphatic heterocycles. The number of nitrogens with two attached hydrogens (primary N) is 1. The number of amides is 1. The van der Waals surface area contributed by atoms with Crippen LogP contribution >= 0.6 is 11.3 Å². The number of likely N-dealkylation sites (tertiary alicyclic amines) is 1. The lowest BCUT2D eigenvalue weighted by atomic mass is 9.73. The van der Waals surface area contributed by atoms with E-state index in [1.807, 2.05) is 11.8 Å². The minimum Gasteiger partial charge on any atom is -0.337 e. The number of hydrogen-bond donors (Lipinski definition) is 1. The third kappa shape index (κ3) is 4.13. The second-order valence-electron chi connectivity index (χ2n) is 8.23. The fourth-order valence-electron chi connectivity index (χ4n) is 3.17. The molecule has 1 aromatic heterocycles. The van der Waals surface area contributed by atoms with Gasteiger partial charge in [-0.05, 0) is 37.1 Å². The summed E-state index contributed by atoms with van der Waals surface area (Å²) in [6, 6.07) is 0. The van der Waals surface area contributed by atoms with Crippen molar-refractivity contribution in [1.29, 1.82) is 0 Å². The van der Waals surface area contributed by atoms with Crippen LogP contribution in [0.5, 0.6) is 0 Å². The van der Waals surface area contributed by atoms with Gasteiger partial charge in [0, 0.05) is 19.0 Å². The van der Waals surface area contributed by atoms with Crippen molar-refractivity contribution in [1.82, 2.24) is 9.88 Å². The highest BCUT2D eigenvalue weighted by Crippen LogP contribution is 2.36. The summed E-state index contributed by atoms with van der Waals surface area (Å²) < 4.78 is 0. The van der Waals surface area contributed by atoms with Crippen molar-refractivity contribution < 1.29 is 4.79 Å². The van der Waals surface area contributed by atoms with E-state index in [9.17, 15) is 4.79 Å². The smallest absolute Gasteiger partial charge is 0.265 e. The van der Waals surface area contributed by atoms with Gasteiger partial charge >= 0.3 is 0 Å². The average Bonchev–Trinajstić information content (AvgIpc) is 2.87. The van der Waals surface area contributed by atoms with Gasteiger partial charge in [-0.25, -0.2) is 4.98 Å². The topological polar surface area (TPSA) is 59.2 Å². The second-order valence-corrected chi connectivity index (χ2v) is 9.26. The molecule has 0 spiro atoms. The first-order chi connectivity index (χ1) is 10.6. The summed E-state index contributed by atoms with van der Waals surface area (Å²) in [6.45, 7) is 15.2. The van der Waals surface area contributed by atoms with Gasteiger partial charge in [-0.2, -0.15) is 0 Å². The Balaban J connectivity index is 2.23. The van der Waals surface area contributed by atoms with Gasteiger partial charge < -0.3 is 10.6 Å². The first-order valence-corrected chi connectivity index (χ1v) is 9.41. The van der Waals surface area contributed by atoms with Crippen molar-refractivity contribution in [2.45, 2.75) is 53.9 Å². The number of aromatic nitrogens is 1. The van der Waals surface area contributed by atoms with E-state index in [-0.39, 0.29) is 11.3 Å². The Hall–Kier alpha value is -0.940. The van der Waals surface area contributed by atoms with Gasteiger partial charge in [-0.15, -0.1) is 11.3 Å². The molecule has 1 aromatic rings. The summed E-state index contributed by atoms with van der Waals surface area (Å²) in [7, 11) is 0. The first kappa shape index (κ1) is 18.4. The molecule has 2 rings (SSSR count). The van der Waals surface area contributed by atoms with Gasteiger partial charge in [0.15, 0.2) is 0 Å². The molecule has 1 amide bonds. The van der Waals surface area contributed by atoms with Crippen LogP contribution < -0.4 is 5.73 Å². The highest BCUT2D eigenvalue weighted by Gasteiger charge is 2.36. The molecular formula is C18H31N3OS. The molecule has 23 heavy (non-hydrogen) atoms. The molecule has 1 fully saturated rings. The van der Waals surface area contributed by atoms with E-state index in [1.54, 1.807) is 11.3 Å². The maximum Gasteiger partial charge on any atom is 0.265 e. The number of piperidine rings is 1. The molecular weight excluding hydrogens is 306 g/mol. The highest BCUT2D eigenvalue weighted by atomic mass is 32.1. The van der Waals surface area contributed by atoms with Gasteiger partial charge in [-0.1, -0.05) is 34.6 Å². The Morgan fingerprint density at radius 1 is 1.39 bits per heavy atom. The number of thiazole rings is 1. The van der Waals surface area contributed by atoms with Crippen LogP contribution in [0.15, 0.2) is 0 Å². The zero-order valence-electron chi connectivity index (χ0n) is 15.3. The maximum atomic E-state index is 13.0. The Kier molecular flexibility index (Phi) is 5.52. The van der Waals surface area contributed by atoms with Crippen LogP contribution in [0, 0.1) is 24.2 Å². The summed E-state index contributed by atoms with van der Waals surface area (Å²) in [6.07, 6.45) is 1.11. The third-order valence-electron chi connectivity index (χ3n) is 4.88. The molecule has 0 bridgehead atoms. The zero-order valence-corrected chi connectivity index (χ0v) is 16.2. The average molecular weight is 338 g/mol.